The van der Waals surface area contributed by atoms with Crippen LogP contribution >= 0.6 is 11.6 Å². The van der Waals surface area contributed by atoms with Gasteiger partial charge in [-0.15, -0.1) is 0 Å². The third-order valence-corrected chi connectivity index (χ3v) is 3.01. The first-order valence-corrected chi connectivity index (χ1v) is 5.61. The van der Waals surface area contributed by atoms with Crippen LogP contribution in [-0.4, -0.2) is 36.1 Å². The van der Waals surface area contributed by atoms with Crippen LogP contribution in [-0.2, 0) is 0 Å². The van der Waals surface area contributed by atoms with E-state index < -0.39 is 0 Å². The smallest absolute Gasteiger partial charge is 0.129 e. The maximum Gasteiger partial charge on any atom is 0.129 e. The van der Waals surface area contributed by atoms with E-state index in [-0.39, 0.29) is 0 Å². The predicted octanol–water partition coefficient (Wildman–Crippen LogP) is 2.16. The lowest BCUT2D eigenvalue weighted by atomic mass is 10.2. The number of pyridine rings is 1. The molecule has 82 valence electrons. The van der Waals surface area contributed by atoms with E-state index in [2.05, 4.69) is 22.2 Å². The van der Waals surface area contributed by atoms with Crippen molar-refractivity contribution >= 4 is 17.3 Å². The summed E-state index contributed by atoms with van der Waals surface area (Å²) in [5.74, 6) is 0. The summed E-state index contributed by atoms with van der Waals surface area (Å²) in [7, 11) is 2.15. The summed E-state index contributed by atoms with van der Waals surface area (Å²) >= 11 is 5.81. The number of nitrogens with zero attached hydrogens (tertiary/aromatic N) is 2. The van der Waals surface area contributed by atoms with Gasteiger partial charge in [-0.2, -0.15) is 0 Å². The van der Waals surface area contributed by atoms with Gasteiger partial charge in [0.1, 0.15) is 5.15 Å². The third kappa shape index (κ3) is 2.61. The minimum Gasteiger partial charge on any atom is -0.380 e. The summed E-state index contributed by atoms with van der Waals surface area (Å²) in [6.07, 6.45) is 1.19. The molecule has 3 nitrogen and oxygen atoms in total. The molecule has 1 saturated heterocycles. The van der Waals surface area contributed by atoms with Gasteiger partial charge in [0.15, 0.2) is 0 Å². The minimum atomic E-state index is 0.539. The molecule has 1 N–H and O–H groups in total. The second kappa shape index (κ2) is 4.37. The Kier molecular flexibility index (Phi) is 3.12. The number of likely N-dealkylation sites (N-methyl/N-ethyl adjacent to an activating group) is 1. The molecule has 1 aromatic heterocycles. The fourth-order valence-electron chi connectivity index (χ4n) is 1.96. The fraction of sp³-hybridized carbons (Fsp3) is 0.545. The number of anilines is 1. The van der Waals surface area contributed by atoms with Crippen molar-refractivity contribution < 1.29 is 0 Å². The van der Waals surface area contributed by atoms with Gasteiger partial charge in [0, 0.05) is 12.6 Å². The Balaban J connectivity index is 2.04. The average molecular weight is 226 g/mol. The highest BCUT2D eigenvalue weighted by atomic mass is 35.5. The predicted molar refractivity (Wildman–Crippen MR) is 63.5 cm³/mol. The fourth-order valence-corrected chi connectivity index (χ4v) is 2.15. The highest BCUT2D eigenvalue weighted by molar-refractivity contribution is 6.29. The van der Waals surface area contributed by atoms with Crippen LogP contribution in [0.5, 0.6) is 0 Å². The molecule has 1 aliphatic heterocycles. The van der Waals surface area contributed by atoms with Crippen LogP contribution in [0.25, 0.3) is 0 Å². The first kappa shape index (κ1) is 10.7. The molecule has 0 bridgehead atoms. The molecule has 0 spiro atoms. The molecule has 0 radical (unpaired) electrons. The molecule has 15 heavy (non-hydrogen) atoms. The summed E-state index contributed by atoms with van der Waals surface area (Å²) in [5, 5.41) is 4.06. The van der Waals surface area contributed by atoms with Crippen LogP contribution in [0.4, 0.5) is 5.69 Å². The van der Waals surface area contributed by atoms with E-state index in [0.29, 0.717) is 11.2 Å². The number of hydrogen-bond donors (Lipinski definition) is 1. The highest BCUT2D eigenvalue weighted by Gasteiger charge is 2.19. The zero-order valence-electron chi connectivity index (χ0n) is 9.13. The number of hydrogen-bond acceptors (Lipinski definition) is 3. The number of aryl methyl sites for hydroxylation is 1. The summed E-state index contributed by atoms with van der Waals surface area (Å²) in [6, 6.07) is 4.37. The number of rotatable bonds is 2. The molecule has 2 rings (SSSR count). The van der Waals surface area contributed by atoms with Gasteiger partial charge in [0.05, 0.1) is 11.4 Å². The lowest BCUT2D eigenvalue weighted by molar-refractivity contribution is 0.414. The minimum absolute atomic E-state index is 0.539. The normalized spacial score (nSPS) is 21.9. The Morgan fingerprint density at radius 1 is 1.53 bits per heavy atom. The molecule has 2 heterocycles. The number of aromatic nitrogens is 1. The van der Waals surface area contributed by atoms with Crippen molar-refractivity contribution in [2.24, 2.45) is 0 Å². The lowest BCUT2D eigenvalue weighted by Gasteiger charge is -2.15. The zero-order chi connectivity index (χ0) is 10.8. The standard InChI is InChI=1S/C11H16ClN3/c1-8-10(3-4-11(12)13-8)14-9-5-6-15(2)7-9/h3-4,9,14H,5-7H2,1-2H3. The summed E-state index contributed by atoms with van der Waals surface area (Å²) in [6.45, 7) is 4.24. The van der Waals surface area contributed by atoms with Gasteiger partial charge in [-0.1, -0.05) is 11.6 Å². The second-order valence-electron chi connectivity index (χ2n) is 4.16. The Morgan fingerprint density at radius 3 is 2.93 bits per heavy atom. The molecule has 1 fully saturated rings. The molecule has 1 atom stereocenters. The van der Waals surface area contributed by atoms with Crippen molar-refractivity contribution in [1.29, 1.82) is 0 Å². The SMILES string of the molecule is Cc1nc(Cl)ccc1NC1CCN(C)C1. The highest BCUT2D eigenvalue weighted by Crippen LogP contribution is 2.19. The van der Waals surface area contributed by atoms with E-state index in [1.807, 2.05) is 19.1 Å². The van der Waals surface area contributed by atoms with Crippen LogP contribution in [0.2, 0.25) is 5.15 Å². The lowest BCUT2D eigenvalue weighted by Crippen LogP contribution is -2.23. The first-order chi connectivity index (χ1) is 7.15. The quantitative estimate of drug-likeness (QED) is 0.782. The number of likely N-dealkylation sites (tertiary alicyclic amines) is 1. The van der Waals surface area contributed by atoms with Gasteiger partial charge in [-0.3, -0.25) is 0 Å². The molecule has 0 aromatic carbocycles. The van der Waals surface area contributed by atoms with Crippen molar-refractivity contribution in [3.8, 4) is 0 Å². The van der Waals surface area contributed by atoms with Crippen molar-refractivity contribution in [2.75, 3.05) is 25.5 Å². The summed E-state index contributed by atoms with van der Waals surface area (Å²) in [4.78, 5) is 6.55. The average Bonchev–Trinajstić information content (AvgIpc) is 2.56. The van der Waals surface area contributed by atoms with Crippen LogP contribution in [0.1, 0.15) is 12.1 Å². The molecule has 1 aliphatic rings. The molecule has 0 aliphatic carbocycles. The van der Waals surface area contributed by atoms with E-state index >= 15 is 0 Å². The Labute approximate surface area is 95.4 Å². The molecular weight excluding hydrogens is 210 g/mol. The van der Waals surface area contributed by atoms with Crippen LogP contribution < -0.4 is 5.32 Å². The second-order valence-corrected chi connectivity index (χ2v) is 4.55. The van der Waals surface area contributed by atoms with Crippen molar-refractivity contribution in [1.82, 2.24) is 9.88 Å². The largest absolute Gasteiger partial charge is 0.380 e. The van der Waals surface area contributed by atoms with E-state index in [1.165, 1.54) is 6.42 Å². The van der Waals surface area contributed by atoms with Gasteiger partial charge in [0.25, 0.3) is 0 Å². The van der Waals surface area contributed by atoms with Crippen LogP contribution in [0.3, 0.4) is 0 Å². The van der Waals surface area contributed by atoms with Crippen molar-refractivity contribution in [3.63, 3.8) is 0 Å². The molecule has 4 heteroatoms. The summed E-state index contributed by atoms with van der Waals surface area (Å²) < 4.78 is 0. The van der Waals surface area contributed by atoms with Gasteiger partial charge >= 0.3 is 0 Å². The van der Waals surface area contributed by atoms with Crippen molar-refractivity contribution in [2.45, 2.75) is 19.4 Å². The van der Waals surface area contributed by atoms with E-state index in [1.54, 1.807) is 0 Å². The van der Waals surface area contributed by atoms with Gasteiger partial charge in [0.2, 0.25) is 0 Å². The number of halogens is 1. The molecule has 1 unspecified atom stereocenters. The Morgan fingerprint density at radius 2 is 2.33 bits per heavy atom. The zero-order valence-corrected chi connectivity index (χ0v) is 9.88. The Bertz CT molecular complexity index is 354. The molecule has 1 aromatic rings. The first-order valence-electron chi connectivity index (χ1n) is 5.23. The van der Waals surface area contributed by atoms with Crippen molar-refractivity contribution in [3.05, 3.63) is 23.0 Å². The van der Waals surface area contributed by atoms with E-state index in [0.717, 1.165) is 24.5 Å². The van der Waals surface area contributed by atoms with E-state index in [4.69, 9.17) is 11.6 Å². The maximum absolute atomic E-state index is 5.81. The monoisotopic (exact) mass is 225 g/mol. The van der Waals surface area contributed by atoms with Crippen LogP contribution in [0.15, 0.2) is 12.1 Å². The van der Waals surface area contributed by atoms with E-state index in [9.17, 15) is 0 Å². The maximum atomic E-state index is 5.81. The molecule has 0 amide bonds. The van der Waals surface area contributed by atoms with Gasteiger partial charge < -0.3 is 10.2 Å². The summed E-state index contributed by atoms with van der Waals surface area (Å²) in [5.41, 5.74) is 2.07. The third-order valence-electron chi connectivity index (χ3n) is 2.80. The van der Waals surface area contributed by atoms with Gasteiger partial charge in [-0.05, 0) is 39.1 Å². The Hall–Kier alpha value is -0.800. The number of nitrogens with one attached hydrogen (secondary N) is 1. The molecular formula is C11H16ClN3. The van der Waals surface area contributed by atoms with Crippen LogP contribution in [0, 0.1) is 6.92 Å². The molecule has 0 saturated carbocycles. The van der Waals surface area contributed by atoms with Gasteiger partial charge in [-0.25, -0.2) is 4.98 Å². The topological polar surface area (TPSA) is 28.2 Å².